The molecule has 0 saturated heterocycles. The highest BCUT2D eigenvalue weighted by Gasteiger charge is 2.23. The van der Waals surface area contributed by atoms with Crippen LogP contribution in [0.3, 0.4) is 0 Å². The van der Waals surface area contributed by atoms with Gasteiger partial charge in [0.05, 0.1) is 0 Å². The average Bonchev–Trinajstić information content (AvgIpc) is 2.79. The van der Waals surface area contributed by atoms with E-state index < -0.39 is 0 Å². The lowest BCUT2D eigenvalue weighted by molar-refractivity contribution is 0.547. The summed E-state index contributed by atoms with van der Waals surface area (Å²) in [4.78, 5) is 4.49. The van der Waals surface area contributed by atoms with E-state index in [0.29, 0.717) is 0 Å². The van der Waals surface area contributed by atoms with Gasteiger partial charge in [-0.1, -0.05) is 30.3 Å². The highest BCUT2D eigenvalue weighted by atomic mass is 16.3. The molecule has 0 saturated carbocycles. The summed E-state index contributed by atoms with van der Waals surface area (Å²) in [7, 11) is 4.15. The molecule has 0 aliphatic rings. The first kappa shape index (κ1) is 14.5. The minimum Gasteiger partial charge on any atom is -0.457 e. The van der Waals surface area contributed by atoms with Gasteiger partial charge in [0, 0.05) is 32.7 Å². The van der Waals surface area contributed by atoms with Crippen LogP contribution in [0.25, 0.3) is 11.3 Å². The minimum atomic E-state index is 0.954. The second kappa shape index (κ2) is 6.04. The Morgan fingerprint density at radius 1 is 0.950 bits per heavy atom. The molecule has 0 unspecified atom stereocenters. The van der Waals surface area contributed by atoms with Crippen molar-refractivity contribution in [1.29, 1.82) is 0 Å². The molecule has 2 aromatic rings. The maximum absolute atomic E-state index is 6.09. The Morgan fingerprint density at radius 2 is 1.55 bits per heavy atom. The largest absolute Gasteiger partial charge is 0.457 e. The van der Waals surface area contributed by atoms with Crippen molar-refractivity contribution in [3.05, 3.63) is 36.1 Å². The molecule has 3 nitrogen and oxygen atoms in total. The highest BCUT2D eigenvalue weighted by Crippen LogP contribution is 2.43. The zero-order valence-electron chi connectivity index (χ0n) is 13.1. The highest BCUT2D eigenvalue weighted by molar-refractivity contribution is 5.86. The Kier molecular flexibility index (Phi) is 4.38. The van der Waals surface area contributed by atoms with E-state index in [-0.39, 0.29) is 0 Å². The van der Waals surface area contributed by atoms with Crippen molar-refractivity contribution >= 4 is 11.4 Å². The van der Waals surface area contributed by atoms with Gasteiger partial charge in [0.25, 0.3) is 0 Å². The predicted octanol–water partition coefficient (Wildman–Crippen LogP) is 4.17. The zero-order valence-corrected chi connectivity index (χ0v) is 13.1. The molecule has 0 fully saturated rings. The van der Waals surface area contributed by atoms with Crippen LogP contribution in [-0.4, -0.2) is 27.2 Å². The summed E-state index contributed by atoms with van der Waals surface area (Å²) in [5.41, 5.74) is 3.49. The number of anilines is 2. The Balaban J connectivity index is 2.63. The van der Waals surface area contributed by atoms with Crippen LogP contribution in [0.2, 0.25) is 0 Å². The van der Waals surface area contributed by atoms with Crippen LogP contribution >= 0.6 is 0 Å². The lowest BCUT2D eigenvalue weighted by Gasteiger charge is -2.24. The zero-order chi connectivity index (χ0) is 14.7. The molecule has 0 amide bonds. The van der Waals surface area contributed by atoms with E-state index in [1.165, 1.54) is 5.69 Å². The molecular weight excluding hydrogens is 248 g/mol. The van der Waals surface area contributed by atoms with Crippen LogP contribution < -0.4 is 9.80 Å². The van der Waals surface area contributed by atoms with Gasteiger partial charge in [-0.3, -0.25) is 0 Å². The number of furan rings is 1. The van der Waals surface area contributed by atoms with Crippen LogP contribution in [0.5, 0.6) is 0 Å². The van der Waals surface area contributed by atoms with E-state index in [1.807, 2.05) is 25.1 Å². The fourth-order valence-electron chi connectivity index (χ4n) is 2.64. The number of rotatable bonds is 5. The van der Waals surface area contributed by atoms with E-state index in [4.69, 9.17) is 4.42 Å². The topological polar surface area (TPSA) is 19.6 Å². The van der Waals surface area contributed by atoms with Gasteiger partial charge in [-0.2, -0.15) is 0 Å². The van der Waals surface area contributed by atoms with E-state index in [1.54, 1.807) is 0 Å². The van der Waals surface area contributed by atoms with Crippen molar-refractivity contribution in [2.45, 2.75) is 20.8 Å². The molecule has 108 valence electrons. The Bertz CT molecular complexity index is 554. The van der Waals surface area contributed by atoms with Gasteiger partial charge in [-0.15, -0.1) is 0 Å². The maximum Gasteiger partial charge on any atom is 0.159 e. The molecule has 1 aromatic heterocycles. The smallest absolute Gasteiger partial charge is 0.159 e. The van der Waals surface area contributed by atoms with E-state index in [0.717, 1.165) is 35.9 Å². The molecule has 0 spiro atoms. The number of nitrogens with zero attached hydrogens (tertiary/aromatic N) is 2. The van der Waals surface area contributed by atoms with Crippen molar-refractivity contribution in [2.75, 3.05) is 37.0 Å². The summed E-state index contributed by atoms with van der Waals surface area (Å²) < 4.78 is 6.09. The molecule has 3 heteroatoms. The van der Waals surface area contributed by atoms with Crippen LogP contribution in [0.15, 0.2) is 34.7 Å². The average molecular weight is 272 g/mol. The lowest BCUT2D eigenvalue weighted by atomic mass is 10.1. The molecule has 0 bridgehead atoms. The monoisotopic (exact) mass is 272 g/mol. The minimum absolute atomic E-state index is 0.954. The van der Waals surface area contributed by atoms with Gasteiger partial charge < -0.3 is 14.2 Å². The first-order chi connectivity index (χ1) is 9.60. The first-order valence-corrected chi connectivity index (χ1v) is 7.21. The Labute approximate surface area is 121 Å². The van der Waals surface area contributed by atoms with Crippen LogP contribution in [0.1, 0.15) is 19.6 Å². The van der Waals surface area contributed by atoms with Crippen molar-refractivity contribution in [3.8, 4) is 11.3 Å². The van der Waals surface area contributed by atoms with Crippen LogP contribution in [-0.2, 0) is 0 Å². The Hall–Kier alpha value is -1.90. The number of hydrogen-bond donors (Lipinski definition) is 0. The van der Waals surface area contributed by atoms with Gasteiger partial charge in [-0.05, 0) is 20.8 Å². The maximum atomic E-state index is 6.09. The quantitative estimate of drug-likeness (QED) is 0.814. The molecule has 2 rings (SSSR count). The fraction of sp³-hybridized carbons (Fsp3) is 0.412. The predicted molar refractivity (Wildman–Crippen MR) is 86.8 cm³/mol. The summed E-state index contributed by atoms with van der Waals surface area (Å²) in [6.07, 6.45) is 0. The standard InChI is InChI=1S/C17H24N2O/c1-6-19(7-2)15-13(3)20-17(16(15)18(4)5)14-11-9-8-10-12-14/h8-12H,6-7H2,1-5H3. The molecule has 0 radical (unpaired) electrons. The molecule has 0 N–H and O–H groups in total. The van der Waals surface area contributed by atoms with Crippen molar-refractivity contribution in [3.63, 3.8) is 0 Å². The fourth-order valence-corrected chi connectivity index (χ4v) is 2.64. The SMILES string of the molecule is CCN(CC)c1c(C)oc(-c2ccccc2)c1N(C)C. The third-order valence-electron chi connectivity index (χ3n) is 3.59. The van der Waals surface area contributed by atoms with E-state index in [9.17, 15) is 0 Å². The third-order valence-corrected chi connectivity index (χ3v) is 3.59. The van der Waals surface area contributed by atoms with E-state index in [2.05, 4.69) is 49.9 Å². The second-order valence-electron chi connectivity index (χ2n) is 5.12. The van der Waals surface area contributed by atoms with Crippen molar-refractivity contribution in [1.82, 2.24) is 0 Å². The summed E-state index contributed by atoms with van der Waals surface area (Å²) in [5, 5.41) is 0. The van der Waals surface area contributed by atoms with Crippen LogP contribution in [0.4, 0.5) is 11.4 Å². The second-order valence-corrected chi connectivity index (χ2v) is 5.12. The van der Waals surface area contributed by atoms with E-state index >= 15 is 0 Å². The molecule has 0 aliphatic carbocycles. The van der Waals surface area contributed by atoms with Gasteiger partial charge in [-0.25, -0.2) is 0 Å². The van der Waals surface area contributed by atoms with Crippen molar-refractivity contribution in [2.24, 2.45) is 0 Å². The molecule has 0 aliphatic heterocycles. The molecule has 1 aromatic carbocycles. The molecular formula is C17H24N2O. The van der Waals surface area contributed by atoms with Crippen LogP contribution in [0, 0.1) is 6.92 Å². The molecule has 1 heterocycles. The first-order valence-electron chi connectivity index (χ1n) is 7.21. The number of benzene rings is 1. The normalized spacial score (nSPS) is 10.7. The number of aryl methyl sites for hydroxylation is 1. The lowest BCUT2D eigenvalue weighted by Crippen LogP contribution is -2.24. The molecule has 20 heavy (non-hydrogen) atoms. The van der Waals surface area contributed by atoms with Gasteiger partial charge in [0.15, 0.2) is 5.76 Å². The van der Waals surface area contributed by atoms with Gasteiger partial charge in [0.1, 0.15) is 17.1 Å². The van der Waals surface area contributed by atoms with Gasteiger partial charge >= 0.3 is 0 Å². The third kappa shape index (κ3) is 2.53. The summed E-state index contributed by atoms with van der Waals surface area (Å²) in [6.45, 7) is 8.36. The summed E-state index contributed by atoms with van der Waals surface area (Å²) in [6, 6.07) is 10.3. The molecule has 0 atom stereocenters. The number of hydrogen-bond acceptors (Lipinski definition) is 3. The summed E-state index contributed by atoms with van der Waals surface area (Å²) in [5.74, 6) is 1.94. The van der Waals surface area contributed by atoms with Crippen molar-refractivity contribution < 1.29 is 4.42 Å². The summed E-state index contributed by atoms with van der Waals surface area (Å²) >= 11 is 0. The van der Waals surface area contributed by atoms with Gasteiger partial charge in [0.2, 0.25) is 0 Å². The Morgan fingerprint density at radius 3 is 2.05 bits per heavy atom.